The highest BCUT2D eigenvalue weighted by Crippen LogP contribution is 2.24. The predicted molar refractivity (Wildman–Crippen MR) is 133 cm³/mol. The van der Waals surface area contributed by atoms with Crippen LogP contribution in [0, 0.1) is 0 Å². The van der Waals surface area contributed by atoms with Crippen molar-refractivity contribution in [3.05, 3.63) is 64.7 Å². The number of esters is 1. The lowest BCUT2D eigenvalue weighted by atomic mass is 9.86. The molecular weight excluding hydrogens is 412 g/mol. The van der Waals surface area contributed by atoms with Gasteiger partial charge in [-0.3, -0.25) is 14.5 Å². The topological polar surface area (TPSA) is 58.6 Å². The summed E-state index contributed by atoms with van der Waals surface area (Å²) in [4.78, 5) is 26.8. The fourth-order valence-electron chi connectivity index (χ4n) is 4.04. The van der Waals surface area contributed by atoms with E-state index in [9.17, 15) is 9.59 Å². The maximum Gasteiger partial charge on any atom is 0.320 e. The van der Waals surface area contributed by atoms with Crippen LogP contribution in [-0.4, -0.2) is 35.5 Å². The average molecular weight is 451 g/mol. The molecule has 0 spiro atoms. The third-order valence-corrected chi connectivity index (χ3v) is 5.81. The van der Waals surface area contributed by atoms with Gasteiger partial charge in [0, 0.05) is 25.2 Å². The lowest BCUT2D eigenvalue weighted by molar-refractivity contribution is -0.156. The van der Waals surface area contributed by atoms with Gasteiger partial charge >= 0.3 is 5.97 Å². The smallest absolute Gasteiger partial charge is 0.320 e. The van der Waals surface area contributed by atoms with Crippen molar-refractivity contribution in [2.75, 3.05) is 18.4 Å². The molecular formula is C28H38N2O3. The summed E-state index contributed by atoms with van der Waals surface area (Å²) in [7, 11) is 0. The van der Waals surface area contributed by atoms with Crippen molar-refractivity contribution in [2.45, 2.75) is 78.4 Å². The summed E-state index contributed by atoms with van der Waals surface area (Å²) in [6, 6.07) is 14.6. The zero-order valence-electron chi connectivity index (χ0n) is 21.0. The Kier molecular flexibility index (Phi) is 7.63. The molecule has 0 bridgehead atoms. The standard InChI is InChI=1S/C28H38N2O3/c1-27(2,3)23-11-7-20(8-12-23)9-14-25(31)29-24-13-10-21-15-16-30(18-22(21)17-24)19-26(32)33-28(4,5)6/h7-8,10-13,17H,9,14-16,18-19H2,1-6H3,(H,29,31). The van der Waals surface area contributed by atoms with Crippen LogP contribution >= 0.6 is 0 Å². The molecule has 1 amide bonds. The van der Waals surface area contributed by atoms with Gasteiger partial charge in [0.2, 0.25) is 5.91 Å². The molecule has 2 aromatic carbocycles. The van der Waals surface area contributed by atoms with Crippen LogP contribution in [0.5, 0.6) is 0 Å². The predicted octanol–water partition coefficient (Wildman–Crippen LogP) is 5.26. The molecule has 1 heterocycles. The van der Waals surface area contributed by atoms with Gasteiger partial charge in [0.15, 0.2) is 0 Å². The summed E-state index contributed by atoms with van der Waals surface area (Å²) in [5.41, 5.74) is 5.35. The molecule has 0 saturated carbocycles. The van der Waals surface area contributed by atoms with Gasteiger partial charge in [0.05, 0.1) is 6.54 Å². The average Bonchev–Trinajstić information content (AvgIpc) is 2.70. The third kappa shape index (κ3) is 7.71. The van der Waals surface area contributed by atoms with E-state index in [1.807, 2.05) is 32.9 Å². The summed E-state index contributed by atoms with van der Waals surface area (Å²) >= 11 is 0. The summed E-state index contributed by atoms with van der Waals surface area (Å²) in [6.07, 6.45) is 2.04. The molecule has 5 nitrogen and oxygen atoms in total. The lowest BCUT2D eigenvalue weighted by Gasteiger charge is -2.29. The Morgan fingerprint density at radius 1 is 0.970 bits per heavy atom. The molecule has 2 aromatic rings. The Balaban J connectivity index is 1.53. The van der Waals surface area contributed by atoms with Gasteiger partial charge in [-0.2, -0.15) is 0 Å². The first kappa shape index (κ1) is 25.0. The van der Waals surface area contributed by atoms with Crippen molar-refractivity contribution < 1.29 is 14.3 Å². The van der Waals surface area contributed by atoms with Crippen molar-refractivity contribution in [3.8, 4) is 0 Å². The number of rotatable bonds is 6. The Bertz CT molecular complexity index is 982. The number of ether oxygens (including phenoxy) is 1. The number of hydrogen-bond acceptors (Lipinski definition) is 4. The second-order valence-corrected chi connectivity index (χ2v) is 11.0. The highest BCUT2D eigenvalue weighted by atomic mass is 16.6. The van der Waals surface area contributed by atoms with Crippen LogP contribution in [0.4, 0.5) is 5.69 Å². The Hall–Kier alpha value is -2.66. The van der Waals surface area contributed by atoms with Crippen LogP contribution in [0.15, 0.2) is 42.5 Å². The number of benzene rings is 2. The van der Waals surface area contributed by atoms with Crippen molar-refractivity contribution in [2.24, 2.45) is 0 Å². The van der Waals surface area contributed by atoms with E-state index in [2.05, 4.69) is 61.3 Å². The van der Waals surface area contributed by atoms with Gasteiger partial charge in [-0.05, 0) is 73.4 Å². The van der Waals surface area contributed by atoms with Gasteiger partial charge in [-0.25, -0.2) is 0 Å². The van der Waals surface area contributed by atoms with E-state index in [-0.39, 0.29) is 23.8 Å². The van der Waals surface area contributed by atoms with E-state index >= 15 is 0 Å². The largest absolute Gasteiger partial charge is 0.459 e. The van der Waals surface area contributed by atoms with Crippen LogP contribution in [0.25, 0.3) is 0 Å². The number of hydrogen-bond donors (Lipinski definition) is 1. The third-order valence-electron chi connectivity index (χ3n) is 5.81. The normalized spacial score (nSPS) is 14.5. The van der Waals surface area contributed by atoms with E-state index in [0.29, 0.717) is 19.4 Å². The van der Waals surface area contributed by atoms with E-state index in [1.54, 1.807) is 0 Å². The van der Waals surface area contributed by atoms with E-state index < -0.39 is 5.60 Å². The van der Waals surface area contributed by atoms with E-state index in [4.69, 9.17) is 4.74 Å². The Morgan fingerprint density at radius 2 is 1.67 bits per heavy atom. The molecule has 1 N–H and O–H groups in total. The molecule has 5 heteroatoms. The lowest BCUT2D eigenvalue weighted by Crippen LogP contribution is -2.38. The maximum atomic E-state index is 12.5. The molecule has 0 unspecified atom stereocenters. The summed E-state index contributed by atoms with van der Waals surface area (Å²) < 4.78 is 5.45. The zero-order chi connectivity index (χ0) is 24.2. The Morgan fingerprint density at radius 3 is 2.30 bits per heavy atom. The van der Waals surface area contributed by atoms with Crippen molar-refractivity contribution in [3.63, 3.8) is 0 Å². The van der Waals surface area contributed by atoms with Gasteiger partial charge in [0.25, 0.3) is 0 Å². The molecule has 0 radical (unpaired) electrons. The first-order valence-electron chi connectivity index (χ1n) is 11.8. The zero-order valence-corrected chi connectivity index (χ0v) is 21.0. The summed E-state index contributed by atoms with van der Waals surface area (Å²) in [5, 5.41) is 3.04. The fourth-order valence-corrected chi connectivity index (χ4v) is 4.04. The number of carbonyl (C=O) groups excluding carboxylic acids is 2. The minimum Gasteiger partial charge on any atom is -0.459 e. The van der Waals surface area contributed by atoms with Crippen molar-refractivity contribution >= 4 is 17.6 Å². The first-order valence-corrected chi connectivity index (χ1v) is 11.8. The number of aryl methyl sites for hydroxylation is 1. The minimum absolute atomic E-state index is 0.0104. The van der Waals surface area contributed by atoms with Crippen molar-refractivity contribution in [1.82, 2.24) is 4.90 Å². The Labute approximate surface area is 198 Å². The van der Waals surface area contributed by atoms with Gasteiger partial charge in [-0.1, -0.05) is 51.1 Å². The number of nitrogens with zero attached hydrogens (tertiary/aromatic N) is 1. The maximum absolute atomic E-state index is 12.5. The molecule has 0 saturated heterocycles. The molecule has 3 rings (SSSR count). The molecule has 0 atom stereocenters. The molecule has 1 aliphatic heterocycles. The summed E-state index contributed by atoms with van der Waals surface area (Å²) in [6.45, 7) is 14.0. The van der Waals surface area contributed by atoms with E-state index in [1.165, 1.54) is 16.7 Å². The first-order chi connectivity index (χ1) is 15.4. The molecule has 1 aliphatic rings. The SMILES string of the molecule is CC(C)(C)OC(=O)CN1CCc2ccc(NC(=O)CCc3ccc(C(C)(C)C)cc3)cc2C1. The highest BCUT2D eigenvalue weighted by molar-refractivity contribution is 5.91. The highest BCUT2D eigenvalue weighted by Gasteiger charge is 2.22. The van der Waals surface area contributed by atoms with Crippen molar-refractivity contribution in [1.29, 1.82) is 0 Å². The molecule has 178 valence electrons. The van der Waals surface area contributed by atoms with Crippen LogP contribution in [0.2, 0.25) is 0 Å². The van der Waals surface area contributed by atoms with Gasteiger partial charge < -0.3 is 10.1 Å². The van der Waals surface area contributed by atoms with Crippen LogP contribution < -0.4 is 5.32 Å². The molecule has 33 heavy (non-hydrogen) atoms. The quantitative estimate of drug-likeness (QED) is 0.610. The van der Waals surface area contributed by atoms with Crippen LogP contribution in [0.3, 0.4) is 0 Å². The number of carbonyl (C=O) groups is 2. The monoisotopic (exact) mass is 450 g/mol. The molecule has 0 fully saturated rings. The second kappa shape index (κ2) is 10.1. The van der Waals surface area contributed by atoms with Gasteiger partial charge in [-0.15, -0.1) is 0 Å². The molecule has 0 aliphatic carbocycles. The number of nitrogens with one attached hydrogen (secondary N) is 1. The second-order valence-electron chi connectivity index (χ2n) is 11.0. The van der Waals surface area contributed by atoms with Gasteiger partial charge in [0.1, 0.15) is 5.60 Å². The van der Waals surface area contributed by atoms with Crippen LogP contribution in [-0.2, 0) is 39.1 Å². The number of fused-ring (bicyclic) bond motifs is 1. The van der Waals surface area contributed by atoms with Crippen LogP contribution in [0.1, 0.15) is 70.2 Å². The van der Waals surface area contributed by atoms with E-state index in [0.717, 1.165) is 24.2 Å². The fraction of sp³-hybridized carbons (Fsp3) is 0.500. The molecule has 0 aromatic heterocycles. The minimum atomic E-state index is -0.475. The number of amides is 1. The number of anilines is 1. The summed E-state index contributed by atoms with van der Waals surface area (Å²) in [5.74, 6) is -0.192.